The molecule has 3 aromatic rings. The van der Waals surface area contributed by atoms with Gasteiger partial charge in [-0.3, -0.25) is 38.4 Å². The van der Waals surface area contributed by atoms with Gasteiger partial charge in [0.15, 0.2) is 0 Å². The predicted octanol–water partition coefficient (Wildman–Crippen LogP) is 2.78. The van der Waals surface area contributed by atoms with Crippen LogP contribution >= 0.6 is 38.1 Å². The Morgan fingerprint density at radius 2 is 0.833 bits per heavy atom. The van der Waals surface area contributed by atoms with Crippen LogP contribution in [0.1, 0.15) is 78.1 Å². The molecular weight excluding hydrogens is 1080 g/mol. The summed E-state index contributed by atoms with van der Waals surface area (Å²) in [4.78, 5) is 129. The molecule has 0 aliphatic carbocycles. The van der Waals surface area contributed by atoms with Crippen LogP contribution in [0.2, 0.25) is 0 Å². The Hall–Kier alpha value is -6.08. The van der Waals surface area contributed by atoms with E-state index < -0.39 is 97.9 Å². The monoisotopic (exact) mass is 1160 g/mol. The maximum Gasteiger partial charge on any atom is 0.328 e. The summed E-state index contributed by atoms with van der Waals surface area (Å²) in [6, 6.07) is 26.3. The zero-order valence-corrected chi connectivity index (χ0v) is 48.4. The number of amides is 6. The van der Waals surface area contributed by atoms with Crippen molar-refractivity contribution in [3.63, 3.8) is 0 Å². The van der Waals surface area contributed by atoms with Gasteiger partial charge in [0.1, 0.15) is 60.4 Å². The Morgan fingerprint density at radius 3 is 1.18 bits per heavy atom. The van der Waals surface area contributed by atoms with Crippen LogP contribution in [-0.2, 0) is 66.9 Å². The van der Waals surface area contributed by atoms with E-state index in [1.165, 1.54) is 23.0 Å². The lowest BCUT2D eigenvalue weighted by Crippen LogP contribution is -2.50. The van der Waals surface area contributed by atoms with Gasteiger partial charge in [0.25, 0.3) is 0 Å². The molecule has 0 aliphatic heterocycles. The second kappa shape index (κ2) is 37.7. The summed E-state index contributed by atoms with van der Waals surface area (Å²) in [5, 5.41) is 19.0. The fourth-order valence-electron chi connectivity index (χ4n) is 7.93. The molecule has 20 nitrogen and oxygen atoms in total. The normalized spacial score (nSPS) is 12.5. The second-order valence-electron chi connectivity index (χ2n) is 17.5. The third-order valence-corrected chi connectivity index (χ3v) is 19.2. The van der Waals surface area contributed by atoms with Gasteiger partial charge < -0.3 is 50.8 Å². The third kappa shape index (κ3) is 23.9. The van der Waals surface area contributed by atoms with Crippen molar-refractivity contribution in [2.24, 2.45) is 0 Å². The fourth-order valence-corrected chi connectivity index (χ4v) is 15.0. The van der Waals surface area contributed by atoms with Gasteiger partial charge in [0.05, 0.1) is 33.6 Å². The molecule has 426 valence electrons. The molecule has 6 amide bonds. The first-order valence-corrected chi connectivity index (χ1v) is 31.1. The van der Waals surface area contributed by atoms with Crippen LogP contribution in [0.25, 0.3) is 0 Å². The first-order chi connectivity index (χ1) is 37.6. The van der Waals surface area contributed by atoms with E-state index in [-0.39, 0.29) is 69.2 Å². The maximum atomic E-state index is 13.5. The number of methoxy groups -OCH3 is 2. The molecule has 0 aliphatic rings. The Kier molecular flexibility index (Phi) is 32.0. The van der Waals surface area contributed by atoms with Crippen LogP contribution in [0.4, 0.5) is 0 Å². The number of hydrogen-bond donors (Lipinski definition) is 6. The Balaban J connectivity index is 1.67. The first-order valence-electron chi connectivity index (χ1n) is 25.8. The molecule has 3 rings (SSSR count). The Bertz CT molecular complexity index is 2300. The number of carbonyl (C=O) groups excluding carboxylic acids is 10. The van der Waals surface area contributed by atoms with Gasteiger partial charge >= 0.3 is 23.9 Å². The van der Waals surface area contributed by atoms with Crippen LogP contribution in [0, 0.1) is 0 Å². The van der Waals surface area contributed by atoms with E-state index in [1.54, 1.807) is 13.8 Å². The lowest BCUT2D eigenvalue weighted by molar-refractivity contribution is -0.146. The van der Waals surface area contributed by atoms with Crippen LogP contribution < -0.4 is 47.8 Å². The summed E-state index contributed by atoms with van der Waals surface area (Å²) in [7, 11) is 4.82. The molecular formula is C54H75N6O14P2S2+. The van der Waals surface area contributed by atoms with Gasteiger partial charge in [-0.05, 0) is 94.9 Å². The van der Waals surface area contributed by atoms with Crippen molar-refractivity contribution in [1.29, 1.82) is 0 Å². The van der Waals surface area contributed by atoms with E-state index in [0.717, 1.165) is 47.4 Å². The van der Waals surface area contributed by atoms with Gasteiger partial charge in [0, 0.05) is 37.2 Å². The van der Waals surface area contributed by atoms with Crippen molar-refractivity contribution in [2.45, 2.75) is 102 Å². The van der Waals surface area contributed by atoms with Gasteiger partial charge in [-0.2, -0.15) is 0 Å². The fraction of sp³-hybridized carbons (Fsp3) is 0.481. The average molecular weight is 1160 g/mol. The third-order valence-electron chi connectivity index (χ3n) is 11.8. The standard InChI is InChI=1S/C54H74N6O14P2S2/c1-5-73-49(65)34-55-51(67)43(59-47(63)30-28-41(53(69)71-3)57-45(61)26-16-18-32-75)36-77-78-37-44(52(68)56-35-50(66)74-6-2)60-48(64)31-29-42(54(70)72-4)58-46(62)27-17-19-33-76(38-20-10-7-11-21-38,39-22-12-8-13-23-39)40-24-14-9-15-25-40/h7-15,20-25,41-44H,5-6,16-19,26-37,75H2,1-4H3,(H5-,55,56,57,58,59,60,61,62,63,64,67,68)/p+1. The molecule has 3 aromatic carbocycles. The zero-order chi connectivity index (χ0) is 57.1. The minimum absolute atomic E-state index is 0.0595. The smallest absolute Gasteiger partial charge is 0.328 e. The molecule has 6 N–H and O–H groups in total. The summed E-state index contributed by atoms with van der Waals surface area (Å²) in [5.41, 5.74) is 0. The van der Waals surface area contributed by atoms with Crippen LogP contribution in [-0.4, -0.2) is 148 Å². The van der Waals surface area contributed by atoms with Gasteiger partial charge in [-0.1, -0.05) is 76.2 Å². The molecule has 0 radical (unpaired) electrons. The molecule has 0 spiro atoms. The lowest BCUT2D eigenvalue weighted by Gasteiger charge is -2.27. The van der Waals surface area contributed by atoms with Crippen molar-refractivity contribution >= 4 is 113 Å². The molecule has 0 aromatic heterocycles. The lowest BCUT2D eigenvalue weighted by atomic mass is 10.1. The maximum absolute atomic E-state index is 13.5. The minimum Gasteiger partial charge on any atom is -0.467 e. The van der Waals surface area contributed by atoms with E-state index in [1.807, 2.05) is 54.6 Å². The molecule has 5 atom stereocenters. The largest absolute Gasteiger partial charge is 0.467 e. The number of esters is 4. The Labute approximate surface area is 467 Å². The van der Waals surface area contributed by atoms with Crippen molar-refractivity contribution in [3.8, 4) is 0 Å². The molecule has 0 fully saturated rings. The number of carbonyl (C=O) groups is 10. The highest BCUT2D eigenvalue weighted by Crippen LogP contribution is 2.56. The van der Waals surface area contributed by atoms with Crippen molar-refractivity contribution in [2.75, 3.05) is 64.4 Å². The van der Waals surface area contributed by atoms with Crippen LogP contribution in [0.5, 0.6) is 0 Å². The second-order valence-corrected chi connectivity index (χ2v) is 24.2. The SMILES string of the molecule is CCOC(=O)CNC(=O)C(CSSCC(NC(=O)CCC(NC(=O)CCCC[P+](c1ccccc1)(c1ccccc1)c1ccccc1)C(=O)OC)C(=O)NCC(=O)OCC)NC(=O)CCC(NC(=O)CCCCP)C(=O)OC. The summed E-state index contributed by atoms with van der Waals surface area (Å²) in [5.74, 6) is -6.87. The molecule has 5 unspecified atom stereocenters. The van der Waals surface area contributed by atoms with Crippen molar-refractivity contribution in [3.05, 3.63) is 91.0 Å². The topological polar surface area (TPSA) is 280 Å². The highest BCUT2D eigenvalue weighted by molar-refractivity contribution is 8.76. The highest BCUT2D eigenvalue weighted by atomic mass is 33.1. The molecule has 0 heterocycles. The summed E-state index contributed by atoms with van der Waals surface area (Å²) < 4.78 is 19.6. The van der Waals surface area contributed by atoms with Crippen molar-refractivity contribution < 1.29 is 66.9 Å². The quantitative estimate of drug-likeness (QED) is 0.0159. The number of ether oxygens (including phenoxy) is 4. The first kappa shape index (κ1) is 66.2. The average Bonchev–Trinajstić information content (AvgIpc) is 3.45. The Morgan fingerprint density at radius 1 is 0.487 bits per heavy atom. The number of nitrogens with one attached hydrogen (secondary N) is 6. The highest BCUT2D eigenvalue weighted by Gasteiger charge is 2.44. The molecule has 0 bridgehead atoms. The summed E-state index contributed by atoms with van der Waals surface area (Å²) in [6.45, 7) is 2.31. The molecule has 24 heteroatoms. The minimum atomic E-state index is -2.13. The molecule has 78 heavy (non-hydrogen) atoms. The van der Waals surface area contributed by atoms with E-state index in [2.05, 4.69) is 77.5 Å². The summed E-state index contributed by atoms with van der Waals surface area (Å²) in [6.07, 6.45) is 3.48. The molecule has 0 saturated heterocycles. The van der Waals surface area contributed by atoms with E-state index in [9.17, 15) is 47.9 Å². The van der Waals surface area contributed by atoms with Crippen LogP contribution in [0.15, 0.2) is 91.0 Å². The zero-order valence-electron chi connectivity index (χ0n) is 44.8. The number of benzene rings is 3. The predicted molar refractivity (Wildman–Crippen MR) is 307 cm³/mol. The van der Waals surface area contributed by atoms with Gasteiger partial charge in [0.2, 0.25) is 35.4 Å². The van der Waals surface area contributed by atoms with E-state index in [4.69, 9.17) is 18.9 Å². The van der Waals surface area contributed by atoms with Crippen LogP contribution in [0.3, 0.4) is 0 Å². The summed E-state index contributed by atoms with van der Waals surface area (Å²) >= 11 is 0. The van der Waals surface area contributed by atoms with Gasteiger partial charge in [-0.15, -0.1) is 9.24 Å². The number of unbranched alkanes of at least 4 members (excludes halogenated alkanes) is 2. The molecule has 0 saturated carbocycles. The number of hydrogen-bond acceptors (Lipinski definition) is 16. The van der Waals surface area contributed by atoms with Crippen molar-refractivity contribution in [1.82, 2.24) is 31.9 Å². The van der Waals surface area contributed by atoms with Gasteiger partial charge in [-0.25, -0.2) is 9.59 Å². The number of rotatable bonds is 37. The van der Waals surface area contributed by atoms with E-state index >= 15 is 0 Å². The van der Waals surface area contributed by atoms with E-state index in [0.29, 0.717) is 19.3 Å².